The van der Waals surface area contributed by atoms with Crippen LogP contribution in [0.25, 0.3) is 0 Å². The molecule has 1 aliphatic carbocycles. The Balaban J connectivity index is 0.00000342. The molecule has 0 atom stereocenters. The molecule has 10 heteroatoms. The van der Waals surface area contributed by atoms with Gasteiger partial charge in [0, 0.05) is 30.7 Å². The topological polar surface area (TPSA) is 108 Å². The number of nitriles is 1. The molecule has 8 nitrogen and oxygen atoms in total. The summed E-state index contributed by atoms with van der Waals surface area (Å²) in [6, 6.07) is 10.3. The second kappa shape index (κ2) is 11.9. The van der Waals surface area contributed by atoms with Crippen LogP contribution < -0.4 is 15.4 Å². The number of aromatic nitrogens is 2. The van der Waals surface area contributed by atoms with Crippen LogP contribution in [0.3, 0.4) is 0 Å². The van der Waals surface area contributed by atoms with Crippen molar-refractivity contribution in [3.63, 3.8) is 0 Å². The number of hydrogen-bond donors (Lipinski definition) is 1. The molecule has 0 spiro atoms. The maximum absolute atomic E-state index is 11.2. The summed E-state index contributed by atoms with van der Waals surface area (Å²) in [5, 5.41) is 17.7. The molecular weight excluding hydrogens is 487 g/mol. The maximum atomic E-state index is 11.2. The number of nitrogens with zero attached hydrogens (tertiary/aromatic N) is 5. The number of carbonyl (C=O) groups is 1. The Morgan fingerprint density at radius 2 is 1.77 bits per heavy atom. The first kappa shape index (κ1) is 27.0. The smallest absolute Gasteiger partial charge is 0.269 e. The molecule has 0 unspecified atom stereocenters. The largest absolute Gasteiger partial charge is 0.490 e. The molecule has 35 heavy (non-hydrogen) atoms. The fourth-order valence-electron chi connectivity index (χ4n) is 5.06. The second-order valence-corrected chi connectivity index (χ2v) is 9.61. The van der Waals surface area contributed by atoms with E-state index in [1.807, 2.05) is 19.1 Å². The van der Waals surface area contributed by atoms with Gasteiger partial charge in [0.25, 0.3) is 5.91 Å². The zero-order chi connectivity index (χ0) is 24.2. The molecular formula is C25H32Cl2N6O2. The molecule has 188 valence electrons. The molecule has 2 heterocycles. The highest BCUT2D eigenvalue weighted by molar-refractivity contribution is 6.32. The third kappa shape index (κ3) is 6.16. The summed E-state index contributed by atoms with van der Waals surface area (Å²) in [6.45, 7) is 3.73. The Labute approximate surface area is 217 Å². The number of halogens is 2. The summed E-state index contributed by atoms with van der Waals surface area (Å²) < 4.78 is 6.27. The molecule has 0 radical (unpaired) electrons. The summed E-state index contributed by atoms with van der Waals surface area (Å²) in [6.07, 6.45) is 6.52. The Morgan fingerprint density at radius 3 is 2.34 bits per heavy atom. The van der Waals surface area contributed by atoms with Gasteiger partial charge in [0.05, 0.1) is 16.7 Å². The van der Waals surface area contributed by atoms with Gasteiger partial charge in [-0.1, -0.05) is 11.6 Å². The second-order valence-electron chi connectivity index (χ2n) is 9.24. The van der Waals surface area contributed by atoms with Crippen LogP contribution in [-0.2, 0) is 0 Å². The molecule has 1 amide bonds. The SMILES string of the molecule is Cc1c(OC2CCC(N(C)C3CCN(c4ccc(C(N)=O)nn4)CC3)CC2)ccc(C#N)c1Cl.Cl. The molecule has 1 aromatic carbocycles. The summed E-state index contributed by atoms with van der Waals surface area (Å²) in [4.78, 5) is 16.0. The number of rotatable bonds is 6. The Bertz CT molecular complexity index is 1060. The van der Waals surface area contributed by atoms with E-state index in [4.69, 9.17) is 27.3 Å². The van der Waals surface area contributed by atoms with Crippen LogP contribution in [-0.4, -0.2) is 59.3 Å². The van der Waals surface area contributed by atoms with Crippen LogP contribution in [0.4, 0.5) is 5.82 Å². The molecule has 1 saturated heterocycles. The lowest BCUT2D eigenvalue weighted by Gasteiger charge is -2.42. The minimum absolute atomic E-state index is 0. The van der Waals surface area contributed by atoms with Gasteiger partial charge >= 0.3 is 0 Å². The molecule has 2 N–H and O–H groups in total. The van der Waals surface area contributed by atoms with E-state index < -0.39 is 5.91 Å². The molecule has 2 fully saturated rings. The van der Waals surface area contributed by atoms with Crippen molar-refractivity contribution in [1.29, 1.82) is 5.26 Å². The first-order chi connectivity index (χ1) is 16.4. The van der Waals surface area contributed by atoms with E-state index >= 15 is 0 Å². The average molecular weight is 519 g/mol. The predicted molar refractivity (Wildman–Crippen MR) is 138 cm³/mol. The lowest BCUT2D eigenvalue weighted by molar-refractivity contribution is 0.0717. The van der Waals surface area contributed by atoms with Gasteiger partial charge in [-0.25, -0.2) is 0 Å². The van der Waals surface area contributed by atoms with Crippen LogP contribution in [0.2, 0.25) is 5.02 Å². The molecule has 1 saturated carbocycles. The standard InChI is InChI=1S/C25H31ClN6O2.ClH/c1-16-22(9-3-17(15-27)24(16)26)34-20-6-4-18(5-7-20)31(2)19-11-13-32(14-12-19)23-10-8-21(25(28)33)29-30-23;/h3,8-10,18-20H,4-7,11-14H2,1-2H3,(H2,28,33);1H. The minimum atomic E-state index is -0.560. The number of primary amides is 1. The molecule has 2 aromatic rings. The normalized spacial score (nSPS) is 20.7. The molecule has 4 rings (SSSR count). The fourth-order valence-corrected chi connectivity index (χ4v) is 5.26. The van der Waals surface area contributed by atoms with E-state index in [0.29, 0.717) is 22.7 Å². The molecule has 2 aliphatic rings. The first-order valence-corrected chi connectivity index (χ1v) is 12.2. The first-order valence-electron chi connectivity index (χ1n) is 11.8. The van der Waals surface area contributed by atoms with Crippen LogP contribution in [0, 0.1) is 18.3 Å². The summed E-state index contributed by atoms with van der Waals surface area (Å²) in [5.41, 5.74) is 6.76. The van der Waals surface area contributed by atoms with Gasteiger partial charge in [-0.15, -0.1) is 22.6 Å². The number of ether oxygens (including phenoxy) is 1. The van der Waals surface area contributed by atoms with E-state index in [0.717, 1.165) is 68.7 Å². The molecule has 1 aliphatic heterocycles. The van der Waals surface area contributed by atoms with Gasteiger partial charge in [0.2, 0.25) is 0 Å². The number of benzene rings is 1. The van der Waals surface area contributed by atoms with E-state index in [2.05, 4.69) is 33.1 Å². The zero-order valence-electron chi connectivity index (χ0n) is 20.1. The lowest BCUT2D eigenvalue weighted by atomic mass is 9.90. The number of piperidine rings is 1. The predicted octanol–water partition coefficient (Wildman–Crippen LogP) is 4.12. The zero-order valence-corrected chi connectivity index (χ0v) is 21.7. The summed E-state index contributed by atoms with van der Waals surface area (Å²) >= 11 is 6.30. The van der Waals surface area contributed by atoms with Gasteiger partial charge in [0.1, 0.15) is 11.8 Å². The van der Waals surface area contributed by atoms with Crippen molar-refractivity contribution in [3.8, 4) is 11.8 Å². The third-order valence-electron chi connectivity index (χ3n) is 7.24. The number of amides is 1. The van der Waals surface area contributed by atoms with Crippen molar-refractivity contribution < 1.29 is 9.53 Å². The van der Waals surface area contributed by atoms with Crippen molar-refractivity contribution in [2.45, 2.75) is 63.6 Å². The Hall–Kier alpha value is -2.60. The van der Waals surface area contributed by atoms with Crippen molar-refractivity contribution >= 4 is 35.7 Å². The van der Waals surface area contributed by atoms with Gasteiger partial charge < -0.3 is 20.3 Å². The van der Waals surface area contributed by atoms with Gasteiger partial charge in [0.15, 0.2) is 11.5 Å². The fraction of sp³-hybridized carbons (Fsp3) is 0.520. The highest BCUT2D eigenvalue weighted by Crippen LogP contribution is 2.33. The Morgan fingerprint density at radius 1 is 1.11 bits per heavy atom. The van der Waals surface area contributed by atoms with Gasteiger partial charge in [-0.2, -0.15) is 5.26 Å². The van der Waals surface area contributed by atoms with Crippen molar-refractivity contribution in [2.75, 3.05) is 25.0 Å². The molecule has 0 bridgehead atoms. The van der Waals surface area contributed by atoms with Crippen LogP contribution in [0.1, 0.15) is 60.1 Å². The van der Waals surface area contributed by atoms with E-state index in [1.54, 1.807) is 12.1 Å². The number of anilines is 1. The quantitative estimate of drug-likeness (QED) is 0.612. The highest BCUT2D eigenvalue weighted by Gasteiger charge is 2.31. The summed E-state index contributed by atoms with van der Waals surface area (Å²) in [7, 11) is 2.25. The highest BCUT2D eigenvalue weighted by atomic mass is 35.5. The maximum Gasteiger partial charge on any atom is 0.269 e. The van der Waals surface area contributed by atoms with E-state index in [9.17, 15) is 4.79 Å². The van der Waals surface area contributed by atoms with Crippen molar-refractivity contribution in [2.24, 2.45) is 5.73 Å². The van der Waals surface area contributed by atoms with Crippen molar-refractivity contribution in [3.05, 3.63) is 46.1 Å². The van der Waals surface area contributed by atoms with E-state index in [1.165, 1.54) is 0 Å². The lowest BCUT2D eigenvalue weighted by Crippen LogP contribution is -2.48. The molecule has 1 aromatic heterocycles. The van der Waals surface area contributed by atoms with E-state index in [-0.39, 0.29) is 24.2 Å². The Kier molecular flexibility index (Phi) is 9.17. The number of nitrogens with two attached hydrogens (primary N) is 1. The summed E-state index contributed by atoms with van der Waals surface area (Å²) in [5.74, 6) is 1.01. The van der Waals surface area contributed by atoms with Crippen molar-refractivity contribution in [1.82, 2.24) is 15.1 Å². The van der Waals surface area contributed by atoms with Gasteiger partial charge in [-0.05, 0) is 76.8 Å². The van der Waals surface area contributed by atoms with Crippen LogP contribution in [0.15, 0.2) is 24.3 Å². The van der Waals surface area contributed by atoms with Crippen LogP contribution >= 0.6 is 24.0 Å². The van der Waals surface area contributed by atoms with Gasteiger partial charge in [-0.3, -0.25) is 4.79 Å². The number of hydrogen-bond acceptors (Lipinski definition) is 7. The monoisotopic (exact) mass is 518 g/mol. The number of carbonyl (C=O) groups excluding carboxylic acids is 1. The minimum Gasteiger partial charge on any atom is -0.490 e. The average Bonchev–Trinajstić information content (AvgIpc) is 2.87. The van der Waals surface area contributed by atoms with Crippen LogP contribution in [0.5, 0.6) is 5.75 Å². The third-order valence-corrected chi connectivity index (χ3v) is 7.72.